The molecule has 2 aliphatic heterocycles. The number of ether oxygens (including phenoxy) is 2. The first kappa shape index (κ1) is 20.3. The first-order valence-corrected chi connectivity index (χ1v) is 9.11. The molecule has 0 aliphatic carbocycles. The van der Waals surface area contributed by atoms with Crippen molar-refractivity contribution in [3.05, 3.63) is 24.3 Å². The van der Waals surface area contributed by atoms with Gasteiger partial charge in [0.15, 0.2) is 12.5 Å². The van der Waals surface area contributed by atoms with Gasteiger partial charge >= 0.3 is 0 Å². The number of hydrogen-bond acceptors (Lipinski definition) is 9. The second-order valence-corrected chi connectivity index (χ2v) is 7.23. The SMILES string of the molecule is C[C@@H]1O[C@H](Nc2ccccc2N[C@@H]2O[C@@H](C)C[C@H](O)[C@@H]2O)[C@H](O)[C@H](O)[C@@H]1O. The Morgan fingerprint density at radius 3 is 1.93 bits per heavy atom. The van der Waals surface area contributed by atoms with Crippen molar-refractivity contribution in [3.8, 4) is 0 Å². The number of anilines is 2. The topological polar surface area (TPSA) is 144 Å². The Labute approximate surface area is 157 Å². The fourth-order valence-electron chi connectivity index (χ4n) is 3.40. The third-order valence-electron chi connectivity index (χ3n) is 5.03. The van der Waals surface area contributed by atoms with Gasteiger partial charge in [0.05, 0.1) is 29.7 Å². The maximum Gasteiger partial charge on any atom is 0.157 e. The van der Waals surface area contributed by atoms with Crippen molar-refractivity contribution >= 4 is 11.4 Å². The molecule has 0 bridgehead atoms. The molecule has 152 valence electrons. The standard InChI is InChI=1S/C18H28N2O7/c1-8-7-12(21)14(23)17(26-8)19-10-5-3-4-6-11(10)20-18-16(25)15(24)13(22)9(2)27-18/h3-6,8-9,12-25H,7H2,1-2H3/t8-,9-,12-,13+,14-,15+,16+,17+,18-/m0/s1. The highest BCUT2D eigenvalue weighted by Crippen LogP contribution is 2.29. The van der Waals surface area contributed by atoms with Crippen LogP contribution < -0.4 is 10.6 Å². The van der Waals surface area contributed by atoms with E-state index in [2.05, 4.69) is 10.6 Å². The molecule has 2 fully saturated rings. The van der Waals surface area contributed by atoms with Gasteiger partial charge in [0.1, 0.15) is 24.4 Å². The number of aliphatic hydroxyl groups excluding tert-OH is 5. The maximum absolute atomic E-state index is 10.2. The second-order valence-electron chi connectivity index (χ2n) is 7.23. The Balaban J connectivity index is 1.74. The number of rotatable bonds is 4. The van der Waals surface area contributed by atoms with E-state index >= 15 is 0 Å². The molecule has 0 unspecified atom stereocenters. The third-order valence-corrected chi connectivity index (χ3v) is 5.03. The zero-order chi connectivity index (χ0) is 19.7. The second kappa shape index (κ2) is 8.27. The van der Waals surface area contributed by atoms with Gasteiger partial charge in [-0.2, -0.15) is 0 Å². The lowest BCUT2D eigenvalue weighted by Gasteiger charge is -2.40. The number of benzene rings is 1. The molecule has 7 N–H and O–H groups in total. The molecule has 1 aromatic carbocycles. The first-order chi connectivity index (χ1) is 12.8. The molecule has 0 aromatic heterocycles. The summed E-state index contributed by atoms with van der Waals surface area (Å²) in [6.07, 6.45) is -8.14. The van der Waals surface area contributed by atoms with E-state index in [0.29, 0.717) is 17.8 Å². The summed E-state index contributed by atoms with van der Waals surface area (Å²) in [5.41, 5.74) is 1.10. The molecular formula is C18H28N2O7. The van der Waals surface area contributed by atoms with Crippen LogP contribution in [0.5, 0.6) is 0 Å². The molecule has 27 heavy (non-hydrogen) atoms. The molecule has 1 aromatic rings. The molecule has 0 saturated carbocycles. The normalized spacial score (nSPS) is 42.6. The van der Waals surface area contributed by atoms with E-state index in [1.54, 1.807) is 31.2 Å². The van der Waals surface area contributed by atoms with Crippen LogP contribution in [-0.4, -0.2) is 80.7 Å². The summed E-state index contributed by atoms with van der Waals surface area (Å²) >= 11 is 0. The van der Waals surface area contributed by atoms with Crippen molar-refractivity contribution in [2.45, 2.75) is 75.5 Å². The van der Waals surface area contributed by atoms with Crippen LogP contribution in [0.3, 0.4) is 0 Å². The predicted octanol–water partition coefficient (Wildman–Crippen LogP) is -0.805. The highest BCUT2D eigenvalue weighted by molar-refractivity contribution is 5.69. The van der Waals surface area contributed by atoms with Gasteiger partial charge in [-0.25, -0.2) is 0 Å². The van der Waals surface area contributed by atoms with E-state index in [4.69, 9.17) is 9.47 Å². The van der Waals surface area contributed by atoms with Crippen molar-refractivity contribution in [2.75, 3.05) is 10.6 Å². The minimum atomic E-state index is -1.34. The van der Waals surface area contributed by atoms with Crippen LogP contribution in [0.2, 0.25) is 0 Å². The predicted molar refractivity (Wildman–Crippen MR) is 97.0 cm³/mol. The Morgan fingerprint density at radius 2 is 1.33 bits per heavy atom. The zero-order valence-corrected chi connectivity index (χ0v) is 15.3. The molecule has 0 amide bonds. The van der Waals surface area contributed by atoms with Crippen molar-refractivity contribution in [1.29, 1.82) is 0 Å². The Hall–Kier alpha value is -1.46. The lowest BCUT2D eigenvalue weighted by molar-refractivity contribution is -0.209. The minimum Gasteiger partial charge on any atom is -0.390 e. The molecule has 2 heterocycles. The Morgan fingerprint density at radius 1 is 0.778 bits per heavy atom. The maximum atomic E-state index is 10.2. The van der Waals surface area contributed by atoms with Gasteiger partial charge in [-0.15, -0.1) is 0 Å². The van der Waals surface area contributed by atoms with Crippen molar-refractivity contribution in [2.24, 2.45) is 0 Å². The quantitative estimate of drug-likeness (QED) is 0.355. The van der Waals surface area contributed by atoms with Crippen LogP contribution in [-0.2, 0) is 9.47 Å². The van der Waals surface area contributed by atoms with E-state index in [9.17, 15) is 25.5 Å². The number of aliphatic hydroxyl groups is 5. The molecule has 3 rings (SSSR count). The summed E-state index contributed by atoms with van der Waals surface area (Å²) in [6.45, 7) is 3.42. The van der Waals surface area contributed by atoms with Crippen LogP contribution in [0.4, 0.5) is 11.4 Å². The molecule has 9 atom stereocenters. The summed E-state index contributed by atoms with van der Waals surface area (Å²) in [4.78, 5) is 0. The van der Waals surface area contributed by atoms with Gasteiger partial charge in [-0.05, 0) is 26.0 Å². The van der Waals surface area contributed by atoms with Crippen molar-refractivity contribution in [1.82, 2.24) is 0 Å². The van der Waals surface area contributed by atoms with Crippen LogP contribution >= 0.6 is 0 Å². The molecule has 0 radical (unpaired) electrons. The summed E-state index contributed by atoms with van der Waals surface area (Å²) in [6, 6.07) is 7.03. The van der Waals surface area contributed by atoms with E-state index in [-0.39, 0.29) is 6.10 Å². The lowest BCUT2D eigenvalue weighted by Crippen LogP contribution is -2.58. The molecule has 9 nitrogen and oxygen atoms in total. The molecular weight excluding hydrogens is 356 g/mol. The lowest BCUT2D eigenvalue weighted by atomic mass is 9.99. The van der Waals surface area contributed by atoms with E-state index in [0.717, 1.165) is 0 Å². The zero-order valence-electron chi connectivity index (χ0n) is 15.3. The van der Waals surface area contributed by atoms with Gasteiger partial charge in [-0.3, -0.25) is 0 Å². The summed E-state index contributed by atoms with van der Waals surface area (Å²) < 4.78 is 11.3. The number of nitrogens with one attached hydrogen (secondary N) is 2. The van der Waals surface area contributed by atoms with Gasteiger partial charge < -0.3 is 45.6 Å². The molecule has 2 aliphatic rings. The smallest absolute Gasteiger partial charge is 0.157 e. The Kier molecular flexibility index (Phi) is 6.21. The third kappa shape index (κ3) is 4.35. The molecule has 2 saturated heterocycles. The first-order valence-electron chi connectivity index (χ1n) is 9.11. The minimum absolute atomic E-state index is 0.220. The van der Waals surface area contributed by atoms with E-state index in [1.807, 2.05) is 6.92 Å². The van der Waals surface area contributed by atoms with Crippen LogP contribution in [0.25, 0.3) is 0 Å². The van der Waals surface area contributed by atoms with Gasteiger partial charge in [-0.1, -0.05) is 12.1 Å². The summed E-state index contributed by atoms with van der Waals surface area (Å²) in [5, 5.41) is 56.2. The number of para-hydroxylation sites is 2. The van der Waals surface area contributed by atoms with Gasteiger partial charge in [0.25, 0.3) is 0 Å². The van der Waals surface area contributed by atoms with Crippen LogP contribution in [0.15, 0.2) is 24.3 Å². The highest BCUT2D eigenvalue weighted by atomic mass is 16.5. The van der Waals surface area contributed by atoms with Crippen LogP contribution in [0, 0.1) is 0 Å². The molecule has 9 heteroatoms. The van der Waals surface area contributed by atoms with Crippen LogP contribution in [0.1, 0.15) is 20.3 Å². The number of hydrogen-bond donors (Lipinski definition) is 7. The van der Waals surface area contributed by atoms with Gasteiger partial charge in [0.2, 0.25) is 0 Å². The monoisotopic (exact) mass is 384 g/mol. The summed E-state index contributed by atoms with van der Waals surface area (Å²) in [7, 11) is 0. The van der Waals surface area contributed by atoms with E-state index in [1.165, 1.54) is 0 Å². The van der Waals surface area contributed by atoms with E-state index < -0.39 is 49.1 Å². The largest absolute Gasteiger partial charge is 0.390 e. The average molecular weight is 384 g/mol. The summed E-state index contributed by atoms with van der Waals surface area (Å²) in [5.74, 6) is 0. The van der Waals surface area contributed by atoms with Gasteiger partial charge in [0, 0.05) is 6.42 Å². The Bertz CT molecular complexity index is 633. The fraction of sp³-hybridized carbons (Fsp3) is 0.667. The molecule has 0 spiro atoms. The fourth-order valence-corrected chi connectivity index (χ4v) is 3.40. The van der Waals surface area contributed by atoms with Crippen molar-refractivity contribution < 1.29 is 35.0 Å². The van der Waals surface area contributed by atoms with Crippen molar-refractivity contribution in [3.63, 3.8) is 0 Å². The average Bonchev–Trinajstić information content (AvgIpc) is 2.63. The highest BCUT2D eigenvalue weighted by Gasteiger charge is 2.42.